The molecule has 3 heteroatoms. The van der Waals surface area contributed by atoms with Crippen LogP contribution in [0.4, 0.5) is 0 Å². The summed E-state index contributed by atoms with van der Waals surface area (Å²) < 4.78 is 10.7. The fourth-order valence-corrected chi connectivity index (χ4v) is 2.47. The van der Waals surface area contributed by atoms with Crippen molar-refractivity contribution in [1.29, 1.82) is 0 Å². The van der Waals surface area contributed by atoms with Crippen LogP contribution >= 0.6 is 0 Å². The van der Waals surface area contributed by atoms with Crippen LogP contribution in [0.1, 0.15) is 12.5 Å². The predicted molar refractivity (Wildman–Crippen MR) is 85.6 cm³/mol. The second-order valence-electron chi connectivity index (χ2n) is 5.00. The van der Waals surface area contributed by atoms with E-state index in [1.54, 1.807) is 7.11 Å². The molecule has 3 nitrogen and oxygen atoms in total. The molecule has 0 aliphatic heterocycles. The third-order valence-corrected chi connectivity index (χ3v) is 3.48. The van der Waals surface area contributed by atoms with E-state index < -0.39 is 0 Å². The van der Waals surface area contributed by atoms with Crippen LogP contribution in [0.5, 0.6) is 5.75 Å². The first-order valence-electron chi connectivity index (χ1n) is 7.14. The Kier molecular flexibility index (Phi) is 3.93. The van der Waals surface area contributed by atoms with Gasteiger partial charge in [-0.2, -0.15) is 0 Å². The van der Waals surface area contributed by atoms with Crippen LogP contribution in [-0.2, 0) is 11.3 Å². The Morgan fingerprint density at radius 3 is 2.52 bits per heavy atom. The molecule has 0 amide bonds. The molecular weight excluding hydrogens is 262 g/mol. The monoisotopic (exact) mass is 281 g/mol. The molecule has 1 aromatic heterocycles. The number of aromatic nitrogens is 1. The van der Waals surface area contributed by atoms with Gasteiger partial charge in [-0.25, -0.2) is 0 Å². The van der Waals surface area contributed by atoms with Gasteiger partial charge in [-0.15, -0.1) is 0 Å². The number of benzene rings is 2. The van der Waals surface area contributed by atoms with Crippen molar-refractivity contribution in [3.63, 3.8) is 0 Å². The molecule has 0 aliphatic rings. The number of aromatic amines is 1. The van der Waals surface area contributed by atoms with E-state index in [0.29, 0.717) is 13.2 Å². The van der Waals surface area contributed by atoms with E-state index >= 15 is 0 Å². The van der Waals surface area contributed by atoms with E-state index in [1.165, 1.54) is 11.1 Å². The Hall–Kier alpha value is -2.26. The summed E-state index contributed by atoms with van der Waals surface area (Å²) in [7, 11) is 1.71. The topological polar surface area (TPSA) is 34.2 Å². The van der Waals surface area contributed by atoms with Gasteiger partial charge in [0.15, 0.2) is 0 Å². The van der Waals surface area contributed by atoms with Crippen LogP contribution in [-0.4, -0.2) is 18.7 Å². The molecule has 2 aromatic carbocycles. The van der Waals surface area contributed by atoms with Crippen LogP contribution in [0.15, 0.2) is 48.5 Å². The standard InChI is InChI=1S/C18H19NO2/c1-3-21-16-8-9-17-15(10-16)11-18(19-17)14-6-4-13(5-7-14)12-20-2/h4-11,19H,3,12H2,1-2H3. The molecule has 0 radical (unpaired) electrons. The summed E-state index contributed by atoms with van der Waals surface area (Å²) in [6, 6.07) is 16.7. The van der Waals surface area contributed by atoms with Crippen LogP contribution in [0, 0.1) is 0 Å². The van der Waals surface area contributed by atoms with Gasteiger partial charge in [0.25, 0.3) is 0 Å². The van der Waals surface area contributed by atoms with Crippen molar-refractivity contribution < 1.29 is 9.47 Å². The maximum atomic E-state index is 5.54. The zero-order valence-electron chi connectivity index (χ0n) is 12.3. The largest absolute Gasteiger partial charge is 0.494 e. The molecule has 21 heavy (non-hydrogen) atoms. The van der Waals surface area contributed by atoms with Gasteiger partial charge in [0.05, 0.1) is 13.2 Å². The minimum absolute atomic E-state index is 0.644. The lowest BCUT2D eigenvalue weighted by molar-refractivity contribution is 0.185. The fraction of sp³-hybridized carbons (Fsp3) is 0.222. The Morgan fingerprint density at radius 2 is 1.81 bits per heavy atom. The van der Waals surface area contributed by atoms with Gasteiger partial charge >= 0.3 is 0 Å². The summed E-state index contributed by atoms with van der Waals surface area (Å²) in [5, 5.41) is 1.16. The molecule has 1 heterocycles. The first kappa shape index (κ1) is 13.7. The Bertz CT molecular complexity index is 729. The third kappa shape index (κ3) is 2.93. The number of nitrogens with one attached hydrogen (secondary N) is 1. The Balaban J connectivity index is 1.92. The molecule has 0 saturated heterocycles. The maximum absolute atomic E-state index is 5.54. The molecule has 0 spiro atoms. The molecule has 0 aliphatic carbocycles. The predicted octanol–water partition coefficient (Wildman–Crippen LogP) is 4.38. The average molecular weight is 281 g/mol. The van der Waals surface area contributed by atoms with Gasteiger partial charge in [-0.3, -0.25) is 0 Å². The lowest BCUT2D eigenvalue weighted by Gasteiger charge is -2.01. The summed E-state index contributed by atoms with van der Waals surface area (Å²) >= 11 is 0. The number of hydrogen-bond acceptors (Lipinski definition) is 2. The Labute approximate surface area is 124 Å². The van der Waals surface area contributed by atoms with Crippen molar-refractivity contribution >= 4 is 10.9 Å². The van der Waals surface area contributed by atoms with Gasteiger partial charge in [-0.1, -0.05) is 24.3 Å². The van der Waals surface area contributed by atoms with Gasteiger partial charge in [0.2, 0.25) is 0 Å². The lowest BCUT2D eigenvalue weighted by Crippen LogP contribution is -1.90. The smallest absolute Gasteiger partial charge is 0.120 e. The number of rotatable bonds is 5. The molecular formula is C18H19NO2. The van der Waals surface area contributed by atoms with Crippen LogP contribution in [0.25, 0.3) is 22.2 Å². The first-order chi connectivity index (χ1) is 10.3. The molecule has 0 bridgehead atoms. The van der Waals surface area contributed by atoms with Gasteiger partial charge in [-0.05, 0) is 42.3 Å². The number of H-pyrrole nitrogens is 1. The second kappa shape index (κ2) is 6.02. The SMILES string of the molecule is CCOc1ccc2[nH]c(-c3ccc(COC)cc3)cc2c1. The van der Waals surface area contributed by atoms with E-state index in [0.717, 1.165) is 22.3 Å². The number of hydrogen-bond donors (Lipinski definition) is 1. The molecule has 3 rings (SSSR count). The third-order valence-electron chi connectivity index (χ3n) is 3.48. The second-order valence-corrected chi connectivity index (χ2v) is 5.00. The van der Waals surface area contributed by atoms with Crippen molar-refractivity contribution in [2.75, 3.05) is 13.7 Å². The molecule has 0 unspecified atom stereocenters. The molecule has 0 atom stereocenters. The highest BCUT2D eigenvalue weighted by Gasteiger charge is 2.05. The molecule has 1 N–H and O–H groups in total. The zero-order valence-corrected chi connectivity index (χ0v) is 12.3. The minimum Gasteiger partial charge on any atom is -0.494 e. The van der Waals surface area contributed by atoms with E-state index in [9.17, 15) is 0 Å². The number of methoxy groups -OCH3 is 1. The molecule has 3 aromatic rings. The van der Waals surface area contributed by atoms with Crippen LogP contribution in [0.3, 0.4) is 0 Å². The highest BCUT2D eigenvalue weighted by Crippen LogP contribution is 2.27. The summed E-state index contributed by atoms with van der Waals surface area (Å²) in [6.45, 7) is 3.32. The van der Waals surface area contributed by atoms with E-state index in [2.05, 4.69) is 47.4 Å². The average Bonchev–Trinajstić information content (AvgIpc) is 2.92. The van der Waals surface area contributed by atoms with E-state index in [1.807, 2.05) is 13.0 Å². The molecule has 0 saturated carbocycles. The number of fused-ring (bicyclic) bond motifs is 1. The summed E-state index contributed by atoms with van der Waals surface area (Å²) in [5.74, 6) is 0.908. The minimum atomic E-state index is 0.644. The fourth-order valence-electron chi connectivity index (χ4n) is 2.47. The van der Waals surface area contributed by atoms with Crippen molar-refractivity contribution in [3.05, 3.63) is 54.1 Å². The van der Waals surface area contributed by atoms with E-state index in [-0.39, 0.29) is 0 Å². The number of ether oxygens (including phenoxy) is 2. The van der Waals surface area contributed by atoms with Crippen molar-refractivity contribution in [2.24, 2.45) is 0 Å². The van der Waals surface area contributed by atoms with Crippen molar-refractivity contribution in [2.45, 2.75) is 13.5 Å². The lowest BCUT2D eigenvalue weighted by atomic mass is 10.1. The van der Waals surface area contributed by atoms with Crippen LogP contribution < -0.4 is 4.74 Å². The summed E-state index contributed by atoms with van der Waals surface area (Å²) in [6.07, 6.45) is 0. The molecule has 108 valence electrons. The highest BCUT2D eigenvalue weighted by atomic mass is 16.5. The summed E-state index contributed by atoms with van der Waals surface area (Å²) in [5.41, 5.74) is 4.58. The Morgan fingerprint density at radius 1 is 1.00 bits per heavy atom. The zero-order chi connectivity index (χ0) is 14.7. The maximum Gasteiger partial charge on any atom is 0.120 e. The quantitative estimate of drug-likeness (QED) is 0.753. The van der Waals surface area contributed by atoms with Gasteiger partial charge in [0.1, 0.15) is 5.75 Å². The summed E-state index contributed by atoms with van der Waals surface area (Å²) in [4.78, 5) is 3.45. The highest BCUT2D eigenvalue weighted by molar-refractivity contribution is 5.87. The molecule has 0 fully saturated rings. The van der Waals surface area contributed by atoms with Crippen molar-refractivity contribution in [1.82, 2.24) is 4.98 Å². The van der Waals surface area contributed by atoms with Gasteiger partial charge in [0, 0.05) is 23.7 Å². The van der Waals surface area contributed by atoms with Gasteiger partial charge < -0.3 is 14.5 Å². The van der Waals surface area contributed by atoms with Crippen molar-refractivity contribution in [3.8, 4) is 17.0 Å². The van der Waals surface area contributed by atoms with Crippen LogP contribution in [0.2, 0.25) is 0 Å². The normalized spacial score (nSPS) is 11.0. The van der Waals surface area contributed by atoms with E-state index in [4.69, 9.17) is 9.47 Å². The first-order valence-corrected chi connectivity index (χ1v) is 7.14.